The van der Waals surface area contributed by atoms with Crippen molar-refractivity contribution in [2.24, 2.45) is 0 Å². The number of halogens is 6. The van der Waals surface area contributed by atoms with Gasteiger partial charge in [-0.1, -0.05) is 66.6 Å². The van der Waals surface area contributed by atoms with Crippen LogP contribution < -0.4 is 0 Å². The fourth-order valence-corrected chi connectivity index (χ4v) is 5.54. The van der Waals surface area contributed by atoms with Gasteiger partial charge in [0.05, 0.1) is 26.4 Å². The molecular weight excluding hydrogens is 698 g/mol. The molecule has 2 heterocycles. The first-order valence-electron chi connectivity index (χ1n) is 15.0. The molecule has 16 heteroatoms. The Balaban J connectivity index is 0.000000202. The van der Waals surface area contributed by atoms with Crippen molar-refractivity contribution in [2.75, 3.05) is 0 Å². The average molecular weight is 723 g/mol. The van der Waals surface area contributed by atoms with Gasteiger partial charge in [-0.3, -0.25) is 25.0 Å². The summed E-state index contributed by atoms with van der Waals surface area (Å²) in [7, 11) is 0. The van der Waals surface area contributed by atoms with Gasteiger partial charge in [0, 0.05) is 66.1 Å². The van der Waals surface area contributed by atoms with Crippen molar-refractivity contribution >= 4 is 39.0 Å². The van der Waals surface area contributed by atoms with Gasteiger partial charge in [-0.05, 0) is 23.3 Å². The minimum absolute atomic E-state index is 0.00527. The van der Waals surface area contributed by atoms with Crippen molar-refractivity contribution in [1.82, 2.24) is 9.13 Å². The molecule has 2 aromatic heterocycles. The first-order chi connectivity index (χ1) is 24.4. The van der Waals surface area contributed by atoms with Gasteiger partial charge in [0.25, 0.3) is 17.2 Å². The minimum Gasteiger partial charge on any atom is -0.366 e. The van der Waals surface area contributed by atoms with Crippen LogP contribution in [0.25, 0.3) is 21.8 Å². The maximum Gasteiger partial charge on any atom is 0.454 e. The number of hydrogen-bond acceptors (Lipinski definition) is 6. The van der Waals surface area contributed by atoms with Crippen LogP contribution in [0.4, 0.5) is 37.7 Å². The zero-order valence-corrected chi connectivity index (χ0v) is 26.4. The highest BCUT2D eigenvalue weighted by molar-refractivity contribution is 6.11. The predicted octanol–water partition coefficient (Wildman–Crippen LogP) is 8.32. The Morgan fingerprint density at radius 2 is 1.15 bits per heavy atom. The molecule has 6 aromatic rings. The zero-order valence-electron chi connectivity index (χ0n) is 26.4. The summed E-state index contributed by atoms with van der Waals surface area (Å²) >= 11 is 0. The average Bonchev–Trinajstić information content (AvgIpc) is 3.65. The van der Waals surface area contributed by atoms with Gasteiger partial charge >= 0.3 is 12.4 Å². The summed E-state index contributed by atoms with van der Waals surface area (Å²) in [6, 6.07) is 24.5. The highest BCUT2D eigenvalue weighted by Crippen LogP contribution is 2.43. The first kappa shape index (κ1) is 36.8. The van der Waals surface area contributed by atoms with Crippen LogP contribution in [-0.2, 0) is 18.7 Å². The molecule has 1 unspecified atom stereocenters. The third kappa shape index (κ3) is 7.35. The Morgan fingerprint density at radius 1 is 0.712 bits per heavy atom. The number of ketones is 1. The van der Waals surface area contributed by atoms with Crippen LogP contribution in [0.5, 0.6) is 0 Å². The molecule has 0 saturated carbocycles. The molecule has 0 aliphatic carbocycles. The molecule has 0 aliphatic rings. The van der Waals surface area contributed by atoms with E-state index in [0.717, 1.165) is 41.7 Å². The molecule has 4 aromatic carbocycles. The second-order valence-electron chi connectivity index (χ2n) is 11.4. The SMILES string of the molecule is C#CC(O)(c1cn(Cc2ccccc2)c2cc([N+](=O)[O-])ccc12)C(F)(F)F.O=C(c1cn(Cc2ccccc2)c2cc([N+](=O)[O-])ccc12)C(F)(F)F. The van der Waals surface area contributed by atoms with E-state index >= 15 is 0 Å². The Labute approximate surface area is 289 Å². The summed E-state index contributed by atoms with van der Waals surface area (Å²) in [6.45, 7) is 0.334. The topological polar surface area (TPSA) is 133 Å². The molecule has 1 N–H and O–H groups in total. The van der Waals surface area contributed by atoms with E-state index in [4.69, 9.17) is 6.42 Å². The molecule has 10 nitrogen and oxygen atoms in total. The zero-order chi connectivity index (χ0) is 38.0. The lowest BCUT2D eigenvalue weighted by molar-refractivity contribution is -0.384. The maximum absolute atomic E-state index is 13.5. The van der Waals surface area contributed by atoms with Gasteiger partial charge in [-0.15, -0.1) is 6.42 Å². The number of rotatable bonds is 8. The van der Waals surface area contributed by atoms with Crippen LogP contribution in [0, 0.1) is 32.6 Å². The standard InChI is InChI=1S/C19H13F3N2O3.C17H11F3N2O3/c1-2-18(25,19(20,21)22)16-12-23(11-13-6-4-3-5-7-13)17-10-14(24(26)27)8-9-15(16)17;18-17(19,20)16(23)14-10-21(9-11-4-2-1-3-5-11)15-8-12(22(24)25)6-7-13(14)15/h1,3-10,12,25H,11H2;1-8,10H,9H2. The number of terminal acetylenes is 1. The van der Waals surface area contributed by atoms with Crippen LogP contribution >= 0.6 is 0 Å². The number of nitrogens with zero attached hydrogens (tertiary/aromatic N) is 4. The number of carbonyl (C=O) groups excluding carboxylic acids is 1. The van der Waals surface area contributed by atoms with Gasteiger partial charge in [0.1, 0.15) is 0 Å². The Kier molecular flexibility index (Phi) is 9.93. The highest BCUT2D eigenvalue weighted by Gasteiger charge is 2.55. The lowest BCUT2D eigenvalue weighted by Crippen LogP contribution is -2.40. The molecule has 0 bridgehead atoms. The molecule has 0 fully saturated rings. The normalized spacial score (nSPS) is 12.8. The van der Waals surface area contributed by atoms with Crippen LogP contribution in [-0.4, -0.2) is 42.2 Å². The van der Waals surface area contributed by atoms with Crippen LogP contribution in [0.15, 0.2) is 109 Å². The van der Waals surface area contributed by atoms with Crippen LogP contribution in [0.1, 0.15) is 27.0 Å². The number of Topliss-reactive ketones (excluding diaryl/α,β-unsaturated/α-hetero) is 1. The third-order valence-corrected chi connectivity index (χ3v) is 8.06. The molecule has 6 rings (SSSR count). The van der Waals surface area contributed by atoms with Gasteiger partial charge < -0.3 is 14.2 Å². The molecular formula is C36H24F6N4O6. The van der Waals surface area contributed by atoms with E-state index in [1.54, 1.807) is 60.7 Å². The predicted molar refractivity (Wildman–Crippen MR) is 177 cm³/mol. The van der Waals surface area contributed by atoms with Crippen molar-refractivity contribution in [2.45, 2.75) is 31.0 Å². The van der Waals surface area contributed by atoms with Gasteiger partial charge in [-0.25, -0.2) is 0 Å². The molecule has 52 heavy (non-hydrogen) atoms. The van der Waals surface area contributed by atoms with Crippen LogP contribution in [0.3, 0.4) is 0 Å². The summed E-state index contributed by atoms with van der Waals surface area (Å²) in [5.41, 5.74) is -3.19. The number of aliphatic hydroxyl groups is 1. The van der Waals surface area contributed by atoms with Crippen molar-refractivity contribution in [3.05, 3.63) is 152 Å². The fraction of sp³-hybridized carbons (Fsp3) is 0.139. The van der Waals surface area contributed by atoms with Crippen molar-refractivity contribution in [3.63, 3.8) is 0 Å². The smallest absolute Gasteiger partial charge is 0.366 e. The summed E-state index contributed by atoms with van der Waals surface area (Å²) in [5.74, 6) is -0.549. The number of nitro benzene ring substituents is 2. The molecule has 0 radical (unpaired) electrons. The second-order valence-corrected chi connectivity index (χ2v) is 11.4. The molecule has 0 spiro atoms. The van der Waals surface area contributed by atoms with Crippen molar-refractivity contribution < 1.29 is 46.1 Å². The number of fused-ring (bicyclic) bond motifs is 2. The molecule has 0 amide bonds. The Morgan fingerprint density at radius 3 is 1.58 bits per heavy atom. The first-order valence-corrected chi connectivity index (χ1v) is 15.0. The fourth-order valence-electron chi connectivity index (χ4n) is 5.54. The Hall–Kier alpha value is -6.47. The summed E-state index contributed by atoms with van der Waals surface area (Å²) in [5, 5.41) is 32.2. The number of benzene rings is 4. The summed E-state index contributed by atoms with van der Waals surface area (Å²) in [6.07, 6.45) is -2.93. The van der Waals surface area contributed by atoms with E-state index in [9.17, 15) is 56.5 Å². The number of alkyl halides is 6. The largest absolute Gasteiger partial charge is 0.454 e. The number of nitro groups is 2. The minimum atomic E-state index is -5.12. The van der Waals surface area contributed by atoms with Gasteiger partial charge in [-0.2, -0.15) is 26.3 Å². The number of aromatic nitrogens is 2. The third-order valence-electron chi connectivity index (χ3n) is 8.06. The summed E-state index contributed by atoms with van der Waals surface area (Å²) < 4.78 is 81.7. The molecule has 266 valence electrons. The van der Waals surface area contributed by atoms with Gasteiger partial charge in [0.2, 0.25) is 5.60 Å². The van der Waals surface area contributed by atoms with Crippen molar-refractivity contribution in [1.29, 1.82) is 0 Å². The van der Waals surface area contributed by atoms with Crippen molar-refractivity contribution in [3.8, 4) is 12.3 Å². The summed E-state index contributed by atoms with van der Waals surface area (Å²) in [4.78, 5) is 32.4. The number of carbonyl (C=O) groups is 1. The van der Waals surface area contributed by atoms with E-state index in [2.05, 4.69) is 0 Å². The van der Waals surface area contributed by atoms with E-state index in [1.807, 2.05) is 0 Å². The van der Waals surface area contributed by atoms with E-state index < -0.39 is 44.7 Å². The van der Waals surface area contributed by atoms with E-state index in [1.165, 1.54) is 33.3 Å². The number of non-ortho nitro benzene ring substituents is 2. The van der Waals surface area contributed by atoms with E-state index in [-0.39, 0.29) is 46.3 Å². The molecule has 1 atom stereocenters. The Bertz CT molecular complexity index is 2340. The number of hydrogen-bond donors (Lipinski definition) is 1. The second kappa shape index (κ2) is 14.0. The quantitative estimate of drug-likeness (QED) is 0.0552. The van der Waals surface area contributed by atoms with Crippen LogP contribution in [0.2, 0.25) is 0 Å². The van der Waals surface area contributed by atoms with E-state index in [0.29, 0.717) is 0 Å². The highest BCUT2D eigenvalue weighted by atomic mass is 19.4. The lowest BCUT2D eigenvalue weighted by Gasteiger charge is -2.24. The maximum atomic E-state index is 13.5. The molecule has 0 aliphatic heterocycles. The van der Waals surface area contributed by atoms with Gasteiger partial charge in [0.15, 0.2) is 0 Å². The monoisotopic (exact) mass is 722 g/mol. The molecule has 0 saturated heterocycles. The lowest BCUT2D eigenvalue weighted by atomic mass is 9.93.